The molecule has 2 aromatic rings. The second kappa shape index (κ2) is 4.70. The molecule has 0 spiro atoms. The number of hydrogen-bond acceptors (Lipinski definition) is 2. The molecule has 0 aliphatic heterocycles. The fourth-order valence-electron chi connectivity index (χ4n) is 1.79. The Morgan fingerprint density at radius 3 is 2.31 bits per heavy atom. The molecule has 0 aliphatic carbocycles. The molecule has 1 aromatic carbocycles. The summed E-state index contributed by atoms with van der Waals surface area (Å²) in [6.45, 7) is 4.24. The second-order valence-electron chi connectivity index (χ2n) is 3.93. The van der Waals surface area contributed by atoms with E-state index in [0.29, 0.717) is 0 Å². The van der Waals surface area contributed by atoms with Crippen molar-refractivity contribution in [1.29, 1.82) is 0 Å². The van der Waals surface area contributed by atoms with E-state index in [9.17, 15) is 0 Å². The predicted molar refractivity (Wildman–Crippen MR) is 74.0 cm³/mol. The van der Waals surface area contributed by atoms with E-state index in [-0.39, 0.29) is 6.04 Å². The average molecular weight is 296 g/mol. The summed E-state index contributed by atoms with van der Waals surface area (Å²) in [5.74, 6) is 0. The normalized spacial score (nSPS) is 12.8. The first-order valence-electron chi connectivity index (χ1n) is 5.16. The van der Waals surface area contributed by atoms with Crippen LogP contribution in [0, 0.1) is 13.8 Å². The van der Waals surface area contributed by atoms with Gasteiger partial charge in [0.1, 0.15) is 0 Å². The molecule has 3 heteroatoms. The van der Waals surface area contributed by atoms with E-state index in [1.54, 1.807) is 11.3 Å². The van der Waals surface area contributed by atoms with Gasteiger partial charge >= 0.3 is 0 Å². The zero-order chi connectivity index (χ0) is 11.7. The first-order valence-corrected chi connectivity index (χ1v) is 6.77. The Morgan fingerprint density at radius 1 is 1.19 bits per heavy atom. The van der Waals surface area contributed by atoms with Crippen LogP contribution in [0.3, 0.4) is 0 Å². The molecule has 2 N–H and O–H groups in total. The molecular formula is C13H14BrNS. The minimum absolute atomic E-state index is 0.00759. The van der Waals surface area contributed by atoms with E-state index >= 15 is 0 Å². The highest BCUT2D eigenvalue weighted by Gasteiger charge is 2.13. The molecule has 0 bridgehead atoms. The summed E-state index contributed by atoms with van der Waals surface area (Å²) in [5.41, 5.74) is 8.73. The SMILES string of the molecule is Cc1cc(C)c(C(N)c2ccc(Br)cc2)s1. The molecule has 1 atom stereocenters. The lowest BCUT2D eigenvalue weighted by molar-refractivity contribution is 0.885. The van der Waals surface area contributed by atoms with E-state index in [1.807, 2.05) is 12.1 Å². The standard InChI is InChI=1S/C13H14BrNS/c1-8-7-9(2)16-13(8)12(15)10-3-5-11(14)6-4-10/h3-7,12H,15H2,1-2H3. The van der Waals surface area contributed by atoms with Crippen LogP contribution in [0.5, 0.6) is 0 Å². The molecule has 16 heavy (non-hydrogen) atoms. The Morgan fingerprint density at radius 2 is 1.81 bits per heavy atom. The number of benzene rings is 1. The van der Waals surface area contributed by atoms with Crippen LogP contribution in [0.1, 0.15) is 26.9 Å². The van der Waals surface area contributed by atoms with E-state index in [0.717, 1.165) is 10.0 Å². The largest absolute Gasteiger partial charge is 0.320 e. The average Bonchev–Trinajstić information content (AvgIpc) is 2.58. The molecule has 0 saturated carbocycles. The van der Waals surface area contributed by atoms with E-state index in [4.69, 9.17) is 5.73 Å². The summed E-state index contributed by atoms with van der Waals surface area (Å²) < 4.78 is 1.09. The van der Waals surface area contributed by atoms with Gasteiger partial charge in [0.2, 0.25) is 0 Å². The topological polar surface area (TPSA) is 26.0 Å². The third-order valence-corrected chi connectivity index (χ3v) is 4.36. The summed E-state index contributed by atoms with van der Waals surface area (Å²) >= 11 is 5.22. The van der Waals surface area contributed by atoms with Gasteiger partial charge in [-0.05, 0) is 43.2 Å². The van der Waals surface area contributed by atoms with Crippen molar-refractivity contribution in [3.8, 4) is 0 Å². The fraction of sp³-hybridized carbons (Fsp3) is 0.231. The molecule has 0 aliphatic rings. The summed E-state index contributed by atoms with van der Waals surface area (Å²) in [5, 5.41) is 0. The first-order chi connectivity index (χ1) is 7.58. The van der Waals surface area contributed by atoms with Crippen molar-refractivity contribution in [3.63, 3.8) is 0 Å². The quantitative estimate of drug-likeness (QED) is 0.884. The van der Waals surface area contributed by atoms with Crippen molar-refractivity contribution in [2.45, 2.75) is 19.9 Å². The van der Waals surface area contributed by atoms with Crippen molar-refractivity contribution in [2.24, 2.45) is 5.73 Å². The van der Waals surface area contributed by atoms with Crippen LogP contribution in [-0.4, -0.2) is 0 Å². The molecule has 2 rings (SSSR count). The molecule has 0 amide bonds. The Balaban J connectivity index is 2.35. The van der Waals surface area contributed by atoms with Gasteiger partial charge in [-0.15, -0.1) is 11.3 Å². The maximum absolute atomic E-state index is 6.28. The lowest BCUT2D eigenvalue weighted by Gasteiger charge is -2.11. The maximum Gasteiger partial charge on any atom is 0.0648 e. The first kappa shape index (κ1) is 11.8. The third kappa shape index (κ3) is 2.37. The number of halogens is 1. The van der Waals surface area contributed by atoms with Gasteiger partial charge in [-0.25, -0.2) is 0 Å². The molecule has 1 unspecified atom stereocenters. The predicted octanol–water partition coefficient (Wildman–Crippen LogP) is 4.18. The highest BCUT2D eigenvalue weighted by atomic mass is 79.9. The van der Waals surface area contributed by atoms with Gasteiger partial charge in [0.15, 0.2) is 0 Å². The minimum Gasteiger partial charge on any atom is -0.320 e. The highest BCUT2D eigenvalue weighted by molar-refractivity contribution is 9.10. The van der Waals surface area contributed by atoms with Gasteiger partial charge in [0, 0.05) is 14.2 Å². The number of aryl methyl sites for hydroxylation is 2. The number of rotatable bonds is 2. The van der Waals surface area contributed by atoms with Gasteiger partial charge in [0.05, 0.1) is 6.04 Å². The Bertz CT molecular complexity index is 487. The zero-order valence-corrected chi connectivity index (χ0v) is 11.7. The Kier molecular flexibility index (Phi) is 3.47. The summed E-state index contributed by atoms with van der Waals surface area (Å²) in [6, 6.07) is 10.4. The fourth-order valence-corrected chi connectivity index (χ4v) is 3.12. The number of nitrogens with two attached hydrogens (primary N) is 1. The molecule has 1 nitrogen and oxygen atoms in total. The van der Waals surface area contributed by atoms with Crippen molar-refractivity contribution >= 4 is 27.3 Å². The molecule has 84 valence electrons. The highest BCUT2D eigenvalue weighted by Crippen LogP contribution is 2.30. The second-order valence-corrected chi connectivity index (χ2v) is 6.14. The van der Waals surface area contributed by atoms with Crippen molar-refractivity contribution in [3.05, 3.63) is 55.7 Å². The van der Waals surface area contributed by atoms with Crippen LogP contribution in [0.25, 0.3) is 0 Å². The summed E-state index contributed by atoms with van der Waals surface area (Å²) in [4.78, 5) is 2.58. The molecule has 0 radical (unpaired) electrons. The third-order valence-electron chi connectivity index (χ3n) is 2.59. The van der Waals surface area contributed by atoms with Crippen LogP contribution in [-0.2, 0) is 0 Å². The van der Waals surface area contributed by atoms with Crippen molar-refractivity contribution in [2.75, 3.05) is 0 Å². The Labute approximate surface area is 108 Å². The van der Waals surface area contributed by atoms with Crippen LogP contribution >= 0.6 is 27.3 Å². The van der Waals surface area contributed by atoms with E-state index in [1.165, 1.54) is 15.3 Å². The molecule has 0 saturated heterocycles. The van der Waals surface area contributed by atoms with Gasteiger partial charge in [-0.2, -0.15) is 0 Å². The molecule has 1 aromatic heterocycles. The lowest BCUT2D eigenvalue weighted by Crippen LogP contribution is -2.10. The number of hydrogen-bond donors (Lipinski definition) is 1. The van der Waals surface area contributed by atoms with Gasteiger partial charge in [0.25, 0.3) is 0 Å². The van der Waals surface area contributed by atoms with E-state index < -0.39 is 0 Å². The van der Waals surface area contributed by atoms with Crippen molar-refractivity contribution < 1.29 is 0 Å². The van der Waals surface area contributed by atoms with Gasteiger partial charge in [-0.1, -0.05) is 28.1 Å². The Hall–Kier alpha value is -0.640. The van der Waals surface area contributed by atoms with Crippen LogP contribution in [0.4, 0.5) is 0 Å². The summed E-state index contributed by atoms with van der Waals surface area (Å²) in [7, 11) is 0. The minimum atomic E-state index is -0.00759. The van der Waals surface area contributed by atoms with Gasteiger partial charge < -0.3 is 5.73 Å². The molecule has 0 fully saturated rings. The van der Waals surface area contributed by atoms with Gasteiger partial charge in [-0.3, -0.25) is 0 Å². The smallest absolute Gasteiger partial charge is 0.0648 e. The molecular weight excluding hydrogens is 282 g/mol. The van der Waals surface area contributed by atoms with Crippen LogP contribution in [0.15, 0.2) is 34.8 Å². The monoisotopic (exact) mass is 295 g/mol. The van der Waals surface area contributed by atoms with Crippen LogP contribution < -0.4 is 5.73 Å². The number of thiophene rings is 1. The lowest BCUT2D eigenvalue weighted by atomic mass is 10.0. The zero-order valence-electron chi connectivity index (χ0n) is 9.33. The molecule has 1 heterocycles. The van der Waals surface area contributed by atoms with Crippen molar-refractivity contribution in [1.82, 2.24) is 0 Å². The van der Waals surface area contributed by atoms with Crippen LogP contribution in [0.2, 0.25) is 0 Å². The van der Waals surface area contributed by atoms with E-state index in [2.05, 4.69) is 48.0 Å². The summed E-state index contributed by atoms with van der Waals surface area (Å²) in [6.07, 6.45) is 0. The maximum atomic E-state index is 6.28.